The van der Waals surface area contributed by atoms with Crippen LogP contribution in [0, 0.1) is 0 Å². The van der Waals surface area contributed by atoms with E-state index in [4.69, 9.17) is 0 Å². The average Bonchev–Trinajstić information content (AvgIpc) is 2.62. The quantitative estimate of drug-likeness (QED) is 0.642. The van der Waals surface area contributed by atoms with Crippen molar-refractivity contribution in [3.63, 3.8) is 0 Å². The molecule has 0 amide bonds. The summed E-state index contributed by atoms with van der Waals surface area (Å²) in [6.07, 6.45) is 1.45. The van der Waals surface area contributed by atoms with E-state index >= 15 is 0 Å². The van der Waals surface area contributed by atoms with Gasteiger partial charge in [-0.15, -0.1) is 0 Å². The van der Waals surface area contributed by atoms with E-state index in [0.717, 1.165) is 0 Å². The van der Waals surface area contributed by atoms with Crippen molar-refractivity contribution in [1.29, 1.82) is 0 Å². The summed E-state index contributed by atoms with van der Waals surface area (Å²) in [4.78, 5) is 15.0. The second-order valence-electron chi connectivity index (χ2n) is 2.65. The van der Waals surface area contributed by atoms with Crippen molar-refractivity contribution >= 4 is 17.0 Å². The summed E-state index contributed by atoms with van der Waals surface area (Å²) >= 11 is 0. The van der Waals surface area contributed by atoms with Crippen LogP contribution in [0.5, 0.6) is 5.88 Å². The molecule has 0 aromatic carbocycles. The van der Waals surface area contributed by atoms with Crippen molar-refractivity contribution in [3.8, 4) is 5.88 Å². The zero-order chi connectivity index (χ0) is 10.1. The van der Waals surface area contributed by atoms with Gasteiger partial charge in [0.15, 0.2) is 5.65 Å². The Hall–Kier alpha value is -2.11. The molecule has 2 rings (SSSR count). The van der Waals surface area contributed by atoms with Crippen LogP contribution in [0.1, 0.15) is 10.4 Å². The number of H-pyrrole nitrogens is 1. The molecule has 2 aromatic rings. The lowest BCUT2D eigenvalue weighted by Crippen LogP contribution is -2.02. The zero-order valence-corrected chi connectivity index (χ0v) is 7.31. The summed E-state index contributed by atoms with van der Waals surface area (Å²) < 4.78 is 4.55. The van der Waals surface area contributed by atoms with Crippen LogP contribution >= 0.6 is 0 Å². The molecule has 0 fully saturated rings. The number of nitrogens with one attached hydrogen (secondary N) is 1. The van der Waals surface area contributed by atoms with E-state index in [1.807, 2.05) is 0 Å². The van der Waals surface area contributed by atoms with Gasteiger partial charge in [0, 0.05) is 6.07 Å². The second-order valence-corrected chi connectivity index (χ2v) is 2.65. The van der Waals surface area contributed by atoms with E-state index in [1.165, 1.54) is 19.4 Å². The lowest BCUT2D eigenvalue weighted by Gasteiger charge is -2.00. The van der Waals surface area contributed by atoms with Crippen LogP contribution in [0.2, 0.25) is 0 Å². The largest absolute Gasteiger partial charge is 0.493 e. The van der Waals surface area contributed by atoms with Gasteiger partial charge in [0.1, 0.15) is 0 Å². The predicted octanol–water partition coefficient (Wildman–Crippen LogP) is 0.450. The molecule has 2 aromatic heterocycles. The first kappa shape index (κ1) is 8.49. The standard InChI is InChI=1S/C8H7N3O3/c1-14-8(13)4-2-6(12)10-7-5(4)3-9-11-7/h2-3H,1H3,(H2,9,10,11,12). The predicted molar refractivity (Wildman–Crippen MR) is 46.9 cm³/mol. The third-order valence-corrected chi connectivity index (χ3v) is 1.81. The van der Waals surface area contributed by atoms with E-state index < -0.39 is 5.97 Å². The van der Waals surface area contributed by atoms with Crippen LogP contribution in [-0.4, -0.2) is 33.4 Å². The van der Waals surface area contributed by atoms with E-state index in [2.05, 4.69) is 19.9 Å². The third kappa shape index (κ3) is 1.17. The summed E-state index contributed by atoms with van der Waals surface area (Å²) in [6.45, 7) is 0. The van der Waals surface area contributed by atoms with Gasteiger partial charge in [0.25, 0.3) is 0 Å². The summed E-state index contributed by atoms with van der Waals surface area (Å²) in [5, 5.41) is 16.0. The molecule has 0 saturated carbocycles. The van der Waals surface area contributed by atoms with Crippen molar-refractivity contribution < 1.29 is 14.6 Å². The van der Waals surface area contributed by atoms with Crippen molar-refractivity contribution in [1.82, 2.24) is 15.2 Å². The average molecular weight is 193 g/mol. The normalized spacial score (nSPS) is 10.4. The monoisotopic (exact) mass is 193 g/mol. The smallest absolute Gasteiger partial charge is 0.338 e. The Morgan fingerprint density at radius 1 is 1.64 bits per heavy atom. The molecule has 6 nitrogen and oxygen atoms in total. The number of esters is 1. The van der Waals surface area contributed by atoms with Crippen LogP contribution in [0.25, 0.3) is 11.0 Å². The van der Waals surface area contributed by atoms with Crippen molar-refractivity contribution in [3.05, 3.63) is 17.8 Å². The molecule has 2 heterocycles. The number of pyridine rings is 1. The number of hydrogen-bond donors (Lipinski definition) is 2. The van der Waals surface area contributed by atoms with Crippen molar-refractivity contribution in [2.75, 3.05) is 7.11 Å². The third-order valence-electron chi connectivity index (χ3n) is 1.81. The molecule has 0 saturated heterocycles. The van der Waals surface area contributed by atoms with Crippen LogP contribution in [0.15, 0.2) is 12.3 Å². The number of aromatic amines is 1. The molecule has 0 unspecified atom stereocenters. The number of carbonyl (C=O) groups is 1. The Morgan fingerprint density at radius 3 is 3.14 bits per heavy atom. The number of aromatic hydroxyl groups is 1. The summed E-state index contributed by atoms with van der Waals surface area (Å²) in [5.41, 5.74) is 0.592. The number of nitrogens with zero attached hydrogens (tertiary/aromatic N) is 2. The van der Waals surface area contributed by atoms with Gasteiger partial charge < -0.3 is 9.84 Å². The van der Waals surface area contributed by atoms with E-state index in [1.54, 1.807) is 0 Å². The fraction of sp³-hybridized carbons (Fsp3) is 0.125. The highest BCUT2D eigenvalue weighted by Gasteiger charge is 2.14. The molecule has 72 valence electrons. The first-order chi connectivity index (χ1) is 6.72. The minimum atomic E-state index is -0.533. The number of ether oxygens (including phenoxy) is 1. The molecule has 0 spiro atoms. The molecule has 0 radical (unpaired) electrons. The molecule has 6 heteroatoms. The fourth-order valence-electron chi connectivity index (χ4n) is 1.19. The Morgan fingerprint density at radius 2 is 2.43 bits per heavy atom. The Kier molecular flexibility index (Phi) is 1.81. The van der Waals surface area contributed by atoms with Gasteiger partial charge in [-0.25, -0.2) is 4.79 Å². The van der Waals surface area contributed by atoms with Crippen LogP contribution in [-0.2, 0) is 4.74 Å². The Balaban J connectivity index is 2.72. The number of hydrogen-bond acceptors (Lipinski definition) is 5. The first-order valence-electron chi connectivity index (χ1n) is 3.84. The number of carbonyl (C=O) groups excluding carboxylic acids is 1. The molecule has 0 aliphatic rings. The molecular formula is C8H7N3O3. The highest BCUT2D eigenvalue weighted by Crippen LogP contribution is 2.19. The summed E-state index contributed by atoms with van der Waals surface area (Å²) in [5.74, 6) is -0.781. The zero-order valence-electron chi connectivity index (χ0n) is 7.31. The topological polar surface area (TPSA) is 88.1 Å². The maximum Gasteiger partial charge on any atom is 0.338 e. The van der Waals surface area contributed by atoms with E-state index in [9.17, 15) is 9.90 Å². The maximum atomic E-state index is 11.3. The molecule has 14 heavy (non-hydrogen) atoms. The molecule has 0 aliphatic carbocycles. The van der Waals surface area contributed by atoms with Crippen LogP contribution < -0.4 is 0 Å². The molecular weight excluding hydrogens is 186 g/mol. The van der Waals surface area contributed by atoms with E-state index in [-0.39, 0.29) is 11.4 Å². The number of methoxy groups -OCH3 is 1. The van der Waals surface area contributed by atoms with Crippen LogP contribution in [0.3, 0.4) is 0 Å². The van der Waals surface area contributed by atoms with Gasteiger partial charge in [-0.2, -0.15) is 10.1 Å². The minimum Gasteiger partial charge on any atom is -0.493 e. The summed E-state index contributed by atoms with van der Waals surface area (Å²) in [6, 6.07) is 1.24. The number of aromatic nitrogens is 3. The molecule has 2 N–H and O–H groups in total. The fourth-order valence-corrected chi connectivity index (χ4v) is 1.19. The van der Waals surface area contributed by atoms with Crippen molar-refractivity contribution in [2.24, 2.45) is 0 Å². The van der Waals surface area contributed by atoms with Gasteiger partial charge in [0.05, 0.1) is 24.3 Å². The number of fused-ring (bicyclic) bond motifs is 1. The van der Waals surface area contributed by atoms with Crippen molar-refractivity contribution in [2.45, 2.75) is 0 Å². The van der Waals surface area contributed by atoms with Gasteiger partial charge in [0.2, 0.25) is 5.88 Å². The second kappa shape index (κ2) is 2.99. The van der Waals surface area contributed by atoms with Gasteiger partial charge in [-0.1, -0.05) is 0 Å². The summed E-state index contributed by atoms with van der Waals surface area (Å²) in [7, 11) is 1.27. The number of rotatable bonds is 1. The highest BCUT2D eigenvalue weighted by atomic mass is 16.5. The maximum absolute atomic E-state index is 11.3. The van der Waals surface area contributed by atoms with Gasteiger partial charge >= 0.3 is 5.97 Å². The highest BCUT2D eigenvalue weighted by molar-refractivity contribution is 6.02. The SMILES string of the molecule is COC(=O)c1cc(O)nc2[nH]ncc12. The molecule has 0 bridgehead atoms. The molecule has 0 atom stereocenters. The lowest BCUT2D eigenvalue weighted by atomic mass is 10.2. The molecule has 0 aliphatic heterocycles. The Labute approximate surface area is 78.5 Å². The van der Waals surface area contributed by atoms with Crippen LogP contribution in [0.4, 0.5) is 0 Å². The van der Waals surface area contributed by atoms with Gasteiger partial charge in [-0.3, -0.25) is 5.10 Å². The van der Waals surface area contributed by atoms with Gasteiger partial charge in [-0.05, 0) is 0 Å². The van der Waals surface area contributed by atoms with E-state index in [0.29, 0.717) is 11.0 Å². The minimum absolute atomic E-state index is 0.240. The lowest BCUT2D eigenvalue weighted by molar-refractivity contribution is 0.0602. The first-order valence-corrected chi connectivity index (χ1v) is 3.84. The Bertz CT molecular complexity index is 492.